The van der Waals surface area contributed by atoms with Crippen LogP contribution in [0.25, 0.3) is 21.0 Å². The molecule has 0 aliphatic carbocycles. The van der Waals surface area contributed by atoms with Gasteiger partial charge in [-0.25, -0.2) is 9.78 Å². The third-order valence-electron chi connectivity index (χ3n) is 3.78. The van der Waals surface area contributed by atoms with Gasteiger partial charge in [0.25, 0.3) is 0 Å². The molecule has 2 amide bonds. The molecule has 0 saturated carbocycles. The van der Waals surface area contributed by atoms with Crippen molar-refractivity contribution in [3.63, 3.8) is 0 Å². The number of urea groups is 1. The number of rotatable bonds is 2. The average molecular weight is 344 g/mol. The lowest BCUT2D eigenvalue weighted by Gasteiger charge is -2.08. The van der Waals surface area contributed by atoms with Crippen LogP contribution in [0.4, 0.5) is 15.6 Å². The highest BCUT2D eigenvalue weighted by Gasteiger charge is 2.10. The van der Waals surface area contributed by atoms with E-state index in [1.807, 2.05) is 42.5 Å². The molecule has 0 atom stereocenters. The van der Waals surface area contributed by atoms with E-state index < -0.39 is 0 Å². The molecule has 0 aliphatic rings. The first-order valence-corrected chi connectivity index (χ1v) is 8.41. The Kier molecular flexibility index (Phi) is 3.77. The first-order valence-electron chi connectivity index (χ1n) is 7.59. The van der Waals surface area contributed by atoms with Gasteiger partial charge in [0.2, 0.25) is 0 Å². The molecule has 1 heterocycles. The van der Waals surface area contributed by atoms with Crippen LogP contribution in [0.2, 0.25) is 0 Å². The SMILES string of the molecule is N#Cc1ccc2nc(NC(=O)Nc3cccc4ccccc34)sc2c1. The maximum Gasteiger partial charge on any atom is 0.325 e. The van der Waals surface area contributed by atoms with E-state index in [0.717, 1.165) is 26.7 Å². The molecule has 0 saturated heterocycles. The van der Waals surface area contributed by atoms with E-state index in [1.165, 1.54) is 11.3 Å². The number of aromatic nitrogens is 1. The molecular formula is C19H12N4OS. The molecule has 4 rings (SSSR count). The fourth-order valence-corrected chi connectivity index (χ4v) is 3.53. The van der Waals surface area contributed by atoms with Gasteiger partial charge in [-0.1, -0.05) is 47.7 Å². The topological polar surface area (TPSA) is 77.8 Å². The first kappa shape index (κ1) is 15.1. The summed E-state index contributed by atoms with van der Waals surface area (Å²) in [6.07, 6.45) is 0. The summed E-state index contributed by atoms with van der Waals surface area (Å²) in [5, 5.41) is 17.1. The Morgan fingerprint density at radius 3 is 2.76 bits per heavy atom. The zero-order valence-corrected chi connectivity index (χ0v) is 13.8. The summed E-state index contributed by atoms with van der Waals surface area (Å²) in [7, 11) is 0. The quantitative estimate of drug-likeness (QED) is 0.539. The summed E-state index contributed by atoms with van der Waals surface area (Å²) in [6.45, 7) is 0. The lowest BCUT2D eigenvalue weighted by molar-refractivity contribution is 0.262. The Labute approximate surface area is 147 Å². The van der Waals surface area contributed by atoms with Crippen molar-refractivity contribution in [2.45, 2.75) is 0 Å². The number of fused-ring (bicyclic) bond motifs is 2. The smallest absolute Gasteiger partial charge is 0.307 e. The van der Waals surface area contributed by atoms with Gasteiger partial charge in [-0.3, -0.25) is 5.32 Å². The molecule has 5 nitrogen and oxygen atoms in total. The molecule has 120 valence electrons. The minimum Gasteiger partial charge on any atom is -0.307 e. The number of anilines is 2. The highest BCUT2D eigenvalue weighted by atomic mass is 32.1. The van der Waals surface area contributed by atoms with Gasteiger partial charge < -0.3 is 5.32 Å². The maximum absolute atomic E-state index is 12.3. The number of nitrogens with one attached hydrogen (secondary N) is 2. The van der Waals surface area contributed by atoms with Crippen LogP contribution in [0.5, 0.6) is 0 Å². The summed E-state index contributed by atoms with van der Waals surface area (Å²) in [5.74, 6) is 0. The predicted octanol–water partition coefficient (Wildman–Crippen LogP) is 4.97. The second kappa shape index (κ2) is 6.23. The second-order valence-corrected chi connectivity index (χ2v) is 6.45. The molecule has 25 heavy (non-hydrogen) atoms. The van der Waals surface area contributed by atoms with Crippen LogP contribution in [0.1, 0.15) is 5.56 Å². The van der Waals surface area contributed by atoms with Crippen molar-refractivity contribution in [3.8, 4) is 6.07 Å². The molecule has 0 aliphatic heterocycles. The first-order chi connectivity index (χ1) is 12.2. The second-order valence-electron chi connectivity index (χ2n) is 5.42. The van der Waals surface area contributed by atoms with E-state index in [0.29, 0.717) is 10.7 Å². The average Bonchev–Trinajstić information content (AvgIpc) is 3.03. The zero-order valence-electron chi connectivity index (χ0n) is 13.0. The van der Waals surface area contributed by atoms with Crippen LogP contribution in [0, 0.1) is 11.3 Å². The van der Waals surface area contributed by atoms with E-state index in [-0.39, 0.29) is 6.03 Å². The van der Waals surface area contributed by atoms with Crippen LogP contribution >= 0.6 is 11.3 Å². The predicted molar refractivity (Wildman–Crippen MR) is 101 cm³/mol. The van der Waals surface area contributed by atoms with Gasteiger partial charge in [-0.2, -0.15) is 5.26 Å². The number of nitriles is 1. The minimum atomic E-state index is -0.351. The van der Waals surface area contributed by atoms with E-state index >= 15 is 0 Å². The molecule has 0 bridgehead atoms. The summed E-state index contributed by atoms with van der Waals surface area (Å²) < 4.78 is 0.861. The third kappa shape index (κ3) is 3.01. The highest BCUT2D eigenvalue weighted by Crippen LogP contribution is 2.27. The molecule has 4 aromatic rings. The van der Waals surface area contributed by atoms with Gasteiger partial charge >= 0.3 is 6.03 Å². The lowest BCUT2D eigenvalue weighted by atomic mass is 10.1. The standard InChI is InChI=1S/C19H12N4OS/c20-11-12-8-9-16-17(10-12)25-19(22-16)23-18(24)21-15-7-3-5-13-4-1-2-6-14(13)15/h1-10H,(H2,21,22,23,24). The van der Waals surface area contributed by atoms with Gasteiger partial charge in [-0.05, 0) is 29.7 Å². The van der Waals surface area contributed by atoms with Crippen LogP contribution < -0.4 is 10.6 Å². The summed E-state index contributed by atoms with van der Waals surface area (Å²) >= 11 is 1.34. The molecule has 0 radical (unpaired) electrons. The third-order valence-corrected chi connectivity index (χ3v) is 4.71. The molecule has 0 spiro atoms. The van der Waals surface area contributed by atoms with Gasteiger partial charge in [0.15, 0.2) is 5.13 Å². The normalized spacial score (nSPS) is 10.5. The summed E-state index contributed by atoms with van der Waals surface area (Å²) in [6, 6.07) is 20.6. The molecule has 3 aromatic carbocycles. The van der Waals surface area contributed by atoms with Crippen LogP contribution in [0.15, 0.2) is 60.7 Å². The number of benzene rings is 3. The number of nitrogens with zero attached hydrogens (tertiary/aromatic N) is 2. The van der Waals surface area contributed by atoms with Crippen LogP contribution in [-0.4, -0.2) is 11.0 Å². The zero-order chi connectivity index (χ0) is 17.2. The number of thiazole rings is 1. The van der Waals surface area contributed by atoms with E-state index in [2.05, 4.69) is 21.7 Å². The highest BCUT2D eigenvalue weighted by molar-refractivity contribution is 7.22. The molecule has 0 unspecified atom stereocenters. The molecule has 6 heteroatoms. The number of hydrogen-bond acceptors (Lipinski definition) is 4. The van der Waals surface area contributed by atoms with Crippen molar-refractivity contribution in [2.24, 2.45) is 0 Å². The minimum absolute atomic E-state index is 0.351. The van der Waals surface area contributed by atoms with Crippen molar-refractivity contribution in [3.05, 3.63) is 66.2 Å². The Morgan fingerprint density at radius 2 is 1.88 bits per heavy atom. The molecule has 0 fully saturated rings. The Hall–Kier alpha value is -3.43. The lowest BCUT2D eigenvalue weighted by Crippen LogP contribution is -2.19. The van der Waals surface area contributed by atoms with Crippen LogP contribution in [0.3, 0.4) is 0 Å². The van der Waals surface area contributed by atoms with E-state index in [4.69, 9.17) is 5.26 Å². The van der Waals surface area contributed by atoms with Crippen molar-refractivity contribution in [2.75, 3.05) is 10.6 Å². The van der Waals surface area contributed by atoms with Gasteiger partial charge in [0.05, 0.1) is 27.5 Å². The Balaban J connectivity index is 1.57. The molecular weight excluding hydrogens is 332 g/mol. The number of amides is 2. The van der Waals surface area contributed by atoms with Crippen LogP contribution in [-0.2, 0) is 0 Å². The van der Waals surface area contributed by atoms with Crippen molar-refractivity contribution < 1.29 is 4.79 Å². The number of hydrogen-bond donors (Lipinski definition) is 2. The maximum atomic E-state index is 12.3. The van der Waals surface area contributed by atoms with Gasteiger partial charge in [-0.15, -0.1) is 0 Å². The van der Waals surface area contributed by atoms with Crippen molar-refractivity contribution in [1.82, 2.24) is 4.98 Å². The van der Waals surface area contributed by atoms with Gasteiger partial charge in [0.1, 0.15) is 0 Å². The fourth-order valence-electron chi connectivity index (χ4n) is 2.63. The largest absolute Gasteiger partial charge is 0.325 e. The summed E-state index contributed by atoms with van der Waals surface area (Å²) in [4.78, 5) is 16.7. The Bertz CT molecular complexity index is 1140. The van der Waals surface area contributed by atoms with E-state index in [1.54, 1.807) is 18.2 Å². The number of carbonyl (C=O) groups is 1. The Morgan fingerprint density at radius 1 is 1.04 bits per heavy atom. The number of carbonyl (C=O) groups excluding carboxylic acids is 1. The van der Waals surface area contributed by atoms with E-state index in [9.17, 15) is 4.79 Å². The molecule has 1 aromatic heterocycles. The van der Waals surface area contributed by atoms with Gasteiger partial charge in [0, 0.05) is 5.39 Å². The molecule has 2 N–H and O–H groups in total. The van der Waals surface area contributed by atoms with Crippen molar-refractivity contribution in [1.29, 1.82) is 5.26 Å². The fraction of sp³-hybridized carbons (Fsp3) is 0. The monoisotopic (exact) mass is 344 g/mol. The summed E-state index contributed by atoms with van der Waals surface area (Å²) in [5.41, 5.74) is 2.07. The van der Waals surface area contributed by atoms with Crippen molar-refractivity contribution >= 4 is 49.2 Å².